The number of aliphatic carboxylic acids is 1. The second-order valence-corrected chi connectivity index (χ2v) is 7.85. The standard InChI is InChI=1S/C18H25N3O3.C2HF3O2/c1-12-9-20(10-13(2)21(12)18(23)16-7-8-16)11-14-3-5-15(6-4-14)17(22)19-24;3-2(4,5)1(6)7/h3-6,12-13,16,24H,7-11H2,1-2H3,(H,19,22);(H,6,7)/t12-,13+;. The SMILES string of the molecule is C[C@@H]1CN(Cc2ccc(C(=O)NO)cc2)C[C@H](C)N1C(=O)C1CC1.O=C(O)C(F)(F)F. The molecule has 172 valence electrons. The highest BCUT2D eigenvalue weighted by atomic mass is 19.4. The highest BCUT2D eigenvalue weighted by Crippen LogP contribution is 2.33. The molecule has 1 aliphatic heterocycles. The van der Waals surface area contributed by atoms with Gasteiger partial charge in [-0.25, -0.2) is 10.3 Å². The zero-order valence-corrected chi connectivity index (χ0v) is 17.2. The Kier molecular flexibility index (Phi) is 8.02. The van der Waals surface area contributed by atoms with E-state index < -0.39 is 18.1 Å². The van der Waals surface area contributed by atoms with Crippen molar-refractivity contribution in [1.82, 2.24) is 15.3 Å². The third-order valence-electron chi connectivity index (χ3n) is 5.14. The maximum atomic E-state index is 12.4. The van der Waals surface area contributed by atoms with Crippen LogP contribution in [0.3, 0.4) is 0 Å². The van der Waals surface area contributed by atoms with Gasteiger partial charge in [0.1, 0.15) is 0 Å². The lowest BCUT2D eigenvalue weighted by Crippen LogP contribution is -2.58. The van der Waals surface area contributed by atoms with Crippen LogP contribution in [0.25, 0.3) is 0 Å². The Morgan fingerprint density at radius 2 is 1.55 bits per heavy atom. The Balaban J connectivity index is 0.000000423. The maximum absolute atomic E-state index is 12.4. The Morgan fingerprint density at radius 1 is 1.06 bits per heavy atom. The van der Waals surface area contributed by atoms with Gasteiger partial charge in [-0.05, 0) is 44.4 Å². The number of nitrogens with one attached hydrogen (secondary N) is 1. The Bertz CT molecular complexity index is 784. The fraction of sp³-hybridized carbons (Fsp3) is 0.550. The van der Waals surface area contributed by atoms with E-state index in [0.717, 1.165) is 38.0 Å². The number of nitrogens with zero attached hydrogens (tertiary/aromatic N) is 2. The number of amides is 2. The van der Waals surface area contributed by atoms with Crippen LogP contribution in [-0.4, -0.2) is 69.2 Å². The first kappa shape index (κ1) is 24.6. The van der Waals surface area contributed by atoms with E-state index in [9.17, 15) is 22.8 Å². The molecule has 1 heterocycles. The number of halogens is 3. The van der Waals surface area contributed by atoms with Crippen molar-refractivity contribution in [3.05, 3.63) is 35.4 Å². The number of hydroxylamine groups is 1. The molecule has 1 aromatic rings. The van der Waals surface area contributed by atoms with E-state index in [4.69, 9.17) is 15.1 Å². The molecule has 0 radical (unpaired) electrons. The van der Waals surface area contributed by atoms with Gasteiger partial charge in [0.25, 0.3) is 5.91 Å². The number of rotatable bonds is 4. The fourth-order valence-electron chi connectivity index (χ4n) is 3.62. The van der Waals surface area contributed by atoms with Gasteiger partial charge in [0.15, 0.2) is 0 Å². The van der Waals surface area contributed by atoms with Gasteiger partial charge < -0.3 is 10.0 Å². The molecule has 0 aromatic heterocycles. The molecular weight excluding hydrogens is 419 g/mol. The molecular formula is C20H26F3N3O5. The lowest BCUT2D eigenvalue weighted by atomic mass is 10.0. The second kappa shape index (κ2) is 10.1. The van der Waals surface area contributed by atoms with Crippen LogP contribution in [0.5, 0.6) is 0 Å². The van der Waals surface area contributed by atoms with Crippen molar-refractivity contribution in [2.75, 3.05) is 13.1 Å². The summed E-state index contributed by atoms with van der Waals surface area (Å²) < 4.78 is 31.7. The molecule has 0 bridgehead atoms. The minimum Gasteiger partial charge on any atom is -0.475 e. The molecule has 11 heteroatoms. The summed E-state index contributed by atoms with van der Waals surface area (Å²) in [6.45, 7) is 6.76. The van der Waals surface area contributed by atoms with Crippen molar-refractivity contribution in [3.8, 4) is 0 Å². The van der Waals surface area contributed by atoms with E-state index in [1.54, 1.807) is 17.6 Å². The highest BCUT2D eigenvalue weighted by molar-refractivity contribution is 5.93. The van der Waals surface area contributed by atoms with Gasteiger partial charge in [-0.15, -0.1) is 0 Å². The van der Waals surface area contributed by atoms with Crippen molar-refractivity contribution in [3.63, 3.8) is 0 Å². The minimum atomic E-state index is -5.08. The fourth-order valence-corrected chi connectivity index (χ4v) is 3.62. The van der Waals surface area contributed by atoms with E-state index in [-0.39, 0.29) is 18.0 Å². The molecule has 1 saturated carbocycles. The molecule has 2 amide bonds. The number of carboxylic acid groups (broad SMARTS) is 1. The third-order valence-corrected chi connectivity index (χ3v) is 5.14. The zero-order valence-electron chi connectivity index (χ0n) is 17.2. The molecule has 31 heavy (non-hydrogen) atoms. The molecule has 2 fully saturated rings. The Hall–Kier alpha value is -2.66. The van der Waals surface area contributed by atoms with Gasteiger partial charge in [-0.2, -0.15) is 13.2 Å². The third kappa shape index (κ3) is 6.93. The summed E-state index contributed by atoms with van der Waals surface area (Å²) in [4.78, 5) is 37.1. The quantitative estimate of drug-likeness (QED) is 0.485. The molecule has 1 aliphatic carbocycles. The Morgan fingerprint density at radius 3 is 1.94 bits per heavy atom. The smallest absolute Gasteiger partial charge is 0.475 e. The maximum Gasteiger partial charge on any atom is 0.490 e. The van der Waals surface area contributed by atoms with Crippen LogP contribution in [0, 0.1) is 5.92 Å². The lowest BCUT2D eigenvalue weighted by molar-refractivity contribution is -0.192. The molecule has 8 nitrogen and oxygen atoms in total. The summed E-state index contributed by atoms with van der Waals surface area (Å²) in [6.07, 6.45) is -2.99. The van der Waals surface area contributed by atoms with Crippen molar-refractivity contribution >= 4 is 17.8 Å². The molecule has 0 unspecified atom stereocenters. The first-order valence-corrected chi connectivity index (χ1v) is 9.82. The molecule has 1 aromatic carbocycles. The number of hydrogen-bond acceptors (Lipinski definition) is 5. The zero-order chi connectivity index (χ0) is 23.3. The van der Waals surface area contributed by atoms with Crippen LogP contribution < -0.4 is 5.48 Å². The predicted octanol–water partition coefficient (Wildman–Crippen LogP) is 2.27. The average Bonchev–Trinajstić information content (AvgIpc) is 3.52. The summed E-state index contributed by atoms with van der Waals surface area (Å²) in [5.41, 5.74) is 3.19. The van der Waals surface area contributed by atoms with Crippen LogP contribution in [0.1, 0.15) is 42.6 Å². The van der Waals surface area contributed by atoms with E-state index in [0.29, 0.717) is 11.5 Å². The average molecular weight is 445 g/mol. The molecule has 1 saturated heterocycles. The van der Waals surface area contributed by atoms with Gasteiger partial charge in [0, 0.05) is 43.2 Å². The first-order chi connectivity index (χ1) is 14.4. The van der Waals surface area contributed by atoms with E-state index in [1.165, 1.54) is 0 Å². The summed E-state index contributed by atoms with van der Waals surface area (Å²) >= 11 is 0. The van der Waals surface area contributed by atoms with E-state index >= 15 is 0 Å². The van der Waals surface area contributed by atoms with Crippen LogP contribution in [-0.2, 0) is 16.1 Å². The topological polar surface area (TPSA) is 110 Å². The summed E-state index contributed by atoms with van der Waals surface area (Å²) in [6, 6.07) is 7.67. The van der Waals surface area contributed by atoms with E-state index in [2.05, 4.69) is 23.6 Å². The monoisotopic (exact) mass is 445 g/mol. The van der Waals surface area contributed by atoms with Gasteiger partial charge in [0.2, 0.25) is 5.91 Å². The largest absolute Gasteiger partial charge is 0.490 e. The lowest BCUT2D eigenvalue weighted by Gasteiger charge is -2.44. The molecule has 0 spiro atoms. The number of alkyl halides is 3. The first-order valence-electron chi connectivity index (χ1n) is 9.82. The number of piperazine rings is 1. The Labute approximate surface area is 177 Å². The van der Waals surface area contributed by atoms with Crippen molar-refractivity contribution in [2.24, 2.45) is 5.92 Å². The van der Waals surface area contributed by atoms with Crippen LogP contribution in [0.15, 0.2) is 24.3 Å². The van der Waals surface area contributed by atoms with Crippen molar-refractivity contribution in [2.45, 2.75) is 51.5 Å². The summed E-state index contributed by atoms with van der Waals surface area (Å²) in [5, 5.41) is 15.8. The summed E-state index contributed by atoms with van der Waals surface area (Å²) in [7, 11) is 0. The highest BCUT2D eigenvalue weighted by Gasteiger charge is 2.40. The normalized spacial score (nSPS) is 21.7. The van der Waals surface area contributed by atoms with Crippen LogP contribution >= 0.6 is 0 Å². The van der Waals surface area contributed by atoms with Gasteiger partial charge in [-0.3, -0.25) is 19.7 Å². The number of carbonyl (C=O) groups is 3. The van der Waals surface area contributed by atoms with Crippen molar-refractivity contribution in [1.29, 1.82) is 0 Å². The predicted molar refractivity (Wildman–Crippen MR) is 103 cm³/mol. The molecule has 3 N–H and O–H groups in total. The van der Waals surface area contributed by atoms with Gasteiger partial charge in [-0.1, -0.05) is 12.1 Å². The van der Waals surface area contributed by atoms with Gasteiger partial charge in [0.05, 0.1) is 0 Å². The summed E-state index contributed by atoms with van der Waals surface area (Å²) in [5.74, 6) is -2.66. The van der Waals surface area contributed by atoms with Crippen LogP contribution in [0.2, 0.25) is 0 Å². The second-order valence-electron chi connectivity index (χ2n) is 7.85. The van der Waals surface area contributed by atoms with Gasteiger partial charge >= 0.3 is 12.1 Å². The molecule has 3 rings (SSSR count). The number of benzene rings is 1. The molecule has 2 atom stereocenters. The van der Waals surface area contributed by atoms with E-state index in [1.807, 2.05) is 12.1 Å². The minimum absolute atomic E-state index is 0.223. The number of carbonyl (C=O) groups excluding carboxylic acids is 2. The van der Waals surface area contributed by atoms with Crippen LogP contribution in [0.4, 0.5) is 13.2 Å². The number of hydrogen-bond donors (Lipinski definition) is 3. The number of carboxylic acids is 1. The van der Waals surface area contributed by atoms with Crippen molar-refractivity contribution < 1.29 is 37.9 Å². The molecule has 2 aliphatic rings.